The van der Waals surface area contributed by atoms with Crippen LogP contribution in [0.5, 0.6) is 0 Å². The molecule has 0 saturated carbocycles. The van der Waals surface area contributed by atoms with E-state index in [-0.39, 0.29) is 31.1 Å². The van der Waals surface area contributed by atoms with Crippen molar-refractivity contribution in [2.45, 2.75) is 412 Å². The van der Waals surface area contributed by atoms with E-state index in [9.17, 15) is 14.4 Å². The number of rotatable bonds is 69. The van der Waals surface area contributed by atoms with Gasteiger partial charge in [0.25, 0.3) is 0 Å². The van der Waals surface area contributed by atoms with E-state index in [2.05, 4.69) is 69.4 Å². The number of ether oxygens (including phenoxy) is 3. The Bertz CT molecular complexity index is 1430. The highest BCUT2D eigenvalue weighted by Crippen LogP contribution is 2.18. The summed E-state index contributed by atoms with van der Waals surface area (Å²) in [6, 6.07) is 0. The zero-order valence-electron chi connectivity index (χ0n) is 56.0. The van der Waals surface area contributed by atoms with Crippen LogP contribution in [-0.2, 0) is 28.6 Å². The molecule has 1 atom stereocenters. The van der Waals surface area contributed by atoms with E-state index in [1.165, 1.54) is 295 Å². The van der Waals surface area contributed by atoms with Crippen molar-refractivity contribution in [2.75, 3.05) is 13.2 Å². The maximum Gasteiger partial charge on any atom is 0.306 e. The second-order valence-electron chi connectivity index (χ2n) is 25.2. The van der Waals surface area contributed by atoms with Gasteiger partial charge in [-0.1, -0.05) is 352 Å². The first-order chi connectivity index (χ1) is 41.0. The highest BCUT2D eigenvalue weighted by atomic mass is 16.6. The Kier molecular flexibility index (Phi) is 69.6. The summed E-state index contributed by atoms with van der Waals surface area (Å²) < 4.78 is 17.0. The lowest BCUT2D eigenvalue weighted by molar-refractivity contribution is -0.167. The van der Waals surface area contributed by atoms with Crippen molar-refractivity contribution < 1.29 is 28.6 Å². The normalized spacial score (nSPS) is 12.3. The molecule has 0 bridgehead atoms. The second-order valence-corrected chi connectivity index (χ2v) is 25.2. The monoisotopic (exact) mass is 1160 g/mol. The van der Waals surface area contributed by atoms with Gasteiger partial charge in [-0.15, -0.1) is 0 Å². The van der Waals surface area contributed by atoms with Gasteiger partial charge < -0.3 is 14.2 Å². The van der Waals surface area contributed by atoms with Crippen molar-refractivity contribution in [3.63, 3.8) is 0 Å². The Hall–Kier alpha value is -2.63. The molecule has 0 spiro atoms. The smallest absolute Gasteiger partial charge is 0.306 e. The maximum absolute atomic E-state index is 13.0. The lowest BCUT2D eigenvalue weighted by atomic mass is 10.0. The highest BCUT2D eigenvalue weighted by Gasteiger charge is 2.19. The van der Waals surface area contributed by atoms with Crippen LogP contribution in [0.4, 0.5) is 0 Å². The van der Waals surface area contributed by atoms with E-state index in [0.29, 0.717) is 19.3 Å². The first kappa shape index (κ1) is 80.4. The minimum atomic E-state index is -0.775. The summed E-state index contributed by atoms with van der Waals surface area (Å²) in [5, 5.41) is 0. The van der Waals surface area contributed by atoms with Gasteiger partial charge in [0.2, 0.25) is 0 Å². The SMILES string of the molecule is CCCCCCC/C=C\C/C=C\CCCCCCCCCCCCCCCCCC(=O)OCC(COC(=O)CCCCCCCCCCCCCCCCCCC)OC(=O)CCCCCCCCCCC/C=C\C/C=C\CCCCCCC. The molecular formula is C77H142O6. The van der Waals surface area contributed by atoms with E-state index < -0.39 is 6.10 Å². The molecule has 6 nitrogen and oxygen atoms in total. The van der Waals surface area contributed by atoms with Crippen LogP contribution in [0, 0.1) is 0 Å². The summed E-state index contributed by atoms with van der Waals surface area (Å²) in [4.78, 5) is 38.5. The van der Waals surface area contributed by atoms with Crippen molar-refractivity contribution in [3.05, 3.63) is 48.6 Å². The van der Waals surface area contributed by atoms with Gasteiger partial charge in [0.1, 0.15) is 13.2 Å². The Morgan fingerprint density at radius 2 is 0.434 bits per heavy atom. The number of carbonyl (C=O) groups excluding carboxylic acids is 3. The summed E-state index contributed by atoms with van der Waals surface area (Å²) >= 11 is 0. The largest absolute Gasteiger partial charge is 0.462 e. The molecule has 0 rings (SSSR count). The fourth-order valence-electron chi connectivity index (χ4n) is 11.2. The minimum absolute atomic E-state index is 0.0694. The summed E-state index contributed by atoms with van der Waals surface area (Å²) in [6.45, 7) is 6.70. The average molecular weight is 1160 g/mol. The van der Waals surface area contributed by atoms with Crippen molar-refractivity contribution in [1.82, 2.24) is 0 Å². The molecule has 0 N–H and O–H groups in total. The van der Waals surface area contributed by atoms with E-state index >= 15 is 0 Å². The van der Waals surface area contributed by atoms with Crippen LogP contribution in [0.25, 0.3) is 0 Å². The first-order valence-corrected chi connectivity index (χ1v) is 37.1. The average Bonchev–Trinajstić information content (AvgIpc) is 3.49. The molecule has 0 aliphatic rings. The Morgan fingerprint density at radius 1 is 0.241 bits per heavy atom. The van der Waals surface area contributed by atoms with Crippen LogP contribution in [0.15, 0.2) is 48.6 Å². The van der Waals surface area contributed by atoms with Crippen molar-refractivity contribution in [3.8, 4) is 0 Å². The van der Waals surface area contributed by atoms with Gasteiger partial charge in [-0.25, -0.2) is 0 Å². The minimum Gasteiger partial charge on any atom is -0.462 e. The van der Waals surface area contributed by atoms with Gasteiger partial charge in [-0.05, 0) is 83.5 Å². The second kappa shape index (κ2) is 71.8. The Balaban J connectivity index is 4.28. The molecule has 0 aromatic rings. The number of allylic oxidation sites excluding steroid dienone is 8. The lowest BCUT2D eigenvalue weighted by Gasteiger charge is -2.18. The maximum atomic E-state index is 13.0. The zero-order chi connectivity index (χ0) is 59.9. The van der Waals surface area contributed by atoms with Gasteiger partial charge in [0.05, 0.1) is 0 Å². The third-order valence-electron chi connectivity index (χ3n) is 16.8. The number of hydrogen-bond donors (Lipinski definition) is 0. The van der Waals surface area contributed by atoms with E-state index in [1.54, 1.807) is 0 Å². The lowest BCUT2D eigenvalue weighted by Crippen LogP contribution is -2.30. The molecule has 0 aliphatic heterocycles. The van der Waals surface area contributed by atoms with Crippen LogP contribution in [0.1, 0.15) is 406 Å². The van der Waals surface area contributed by atoms with Gasteiger partial charge in [-0.2, -0.15) is 0 Å². The summed E-state index contributed by atoms with van der Waals surface area (Å²) in [6.07, 6.45) is 91.4. The third kappa shape index (κ3) is 70.0. The third-order valence-corrected chi connectivity index (χ3v) is 16.8. The molecule has 0 amide bonds. The molecular weight excluding hydrogens is 1020 g/mol. The molecule has 0 aromatic heterocycles. The predicted octanol–water partition coefficient (Wildman–Crippen LogP) is 25.7. The predicted molar refractivity (Wildman–Crippen MR) is 362 cm³/mol. The van der Waals surface area contributed by atoms with Crippen molar-refractivity contribution >= 4 is 17.9 Å². The molecule has 0 aliphatic carbocycles. The number of hydrogen-bond acceptors (Lipinski definition) is 6. The first-order valence-electron chi connectivity index (χ1n) is 37.1. The molecule has 486 valence electrons. The topological polar surface area (TPSA) is 78.9 Å². The van der Waals surface area contributed by atoms with Gasteiger partial charge in [0.15, 0.2) is 6.10 Å². The van der Waals surface area contributed by atoms with Crippen LogP contribution in [-0.4, -0.2) is 37.2 Å². The zero-order valence-corrected chi connectivity index (χ0v) is 56.0. The molecule has 1 unspecified atom stereocenters. The number of esters is 3. The van der Waals surface area contributed by atoms with E-state index in [4.69, 9.17) is 14.2 Å². The van der Waals surface area contributed by atoms with E-state index in [1.807, 2.05) is 0 Å². The van der Waals surface area contributed by atoms with Gasteiger partial charge >= 0.3 is 17.9 Å². The van der Waals surface area contributed by atoms with Crippen LogP contribution < -0.4 is 0 Å². The molecule has 83 heavy (non-hydrogen) atoms. The fourth-order valence-corrected chi connectivity index (χ4v) is 11.2. The molecule has 0 saturated heterocycles. The molecule has 6 heteroatoms. The van der Waals surface area contributed by atoms with Crippen molar-refractivity contribution in [1.29, 1.82) is 0 Å². The van der Waals surface area contributed by atoms with Gasteiger partial charge in [-0.3, -0.25) is 14.4 Å². The van der Waals surface area contributed by atoms with Crippen LogP contribution >= 0.6 is 0 Å². The molecule has 0 heterocycles. The summed E-state index contributed by atoms with van der Waals surface area (Å²) in [5.41, 5.74) is 0. The molecule has 0 radical (unpaired) electrons. The summed E-state index contributed by atoms with van der Waals surface area (Å²) in [5.74, 6) is -0.843. The van der Waals surface area contributed by atoms with Crippen LogP contribution in [0.3, 0.4) is 0 Å². The fraction of sp³-hybridized carbons (Fsp3) is 0.857. The van der Waals surface area contributed by atoms with Gasteiger partial charge in [0, 0.05) is 19.3 Å². The highest BCUT2D eigenvalue weighted by molar-refractivity contribution is 5.71. The summed E-state index contributed by atoms with van der Waals surface area (Å²) in [7, 11) is 0. The standard InChI is InChI=1S/C77H142O6/c1-4-7-10-13-16-19-22-25-28-31-33-35-36-37-38-39-40-42-43-46-49-52-55-58-61-64-67-70-76(79)82-73-74(72-81-75(78)69-66-63-60-57-54-51-48-45-30-27-24-21-18-15-12-9-6-3)83-77(80)71-68-65-62-59-56-53-50-47-44-41-34-32-29-26-23-20-17-14-11-8-5-2/h22-23,25-26,31-34,74H,4-21,24,27-30,35-73H2,1-3H3/b25-22-,26-23-,33-31-,34-32-. The van der Waals surface area contributed by atoms with E-state index in [0.717, 1.165) is 70.6 Å². The molecule has 0 fully saturated rings. The van der Waals surface area contributed by atoms with Crippen molar-refractivity contribution in [2.24, 2.45) is 0 Å². The molecule has 0 aromatic carbocycles. The quantitative estimate of drug-likeness (QED) is 0.0261. The van der Waals surface area contributed by atoms with Crippen LogP contribution in [0.2, 0.25) is 0 Å². The Labute approximate surface area is 518 Å². The number of carbonyl (C=O) groups is 3. The number of unbranched alkanes of at least 4 members (excludes halogenated alkanes) is 50. The Morgan fingerprint density at radius 3 is 0.663 bits per heavy atom.